The van der Waals surface area contributed by atoms with Gasteiger partial charge in [-0.1, -0.05) is 0 Å². The smallest absolute Gasteiger partial charge is 0.326 e. The van der Waals surface area contributed by atoms with Gasteiger partial charge in [0.1, 0.15) is 18.1 Å². The van der Waals surface area contributed by atoms with Crippen LogP contribution in [0.15, 0.2) is 0 Å². The molecular weight excluding hydrogens is 456 g/mol. The van der Waals surface area contributed by atoms with Crippen molar-refractivity contribution in [2.24, 2.45) is 17.2 Å². The van der Waals surface area contributed by atoms with E-state index in [0.29, 0.717) is 18.6 Å². The van der Waals surface area contributed by atoms with E-state index in [1.807, 2.05) is 6.26 Å². The summed E-state index contributed by atoms with van der Waals surface area (Å²) < 4.78 is 0. The number of likely N-dealkylation sites (tertiary alicyclic amines) is 1. The Bertz CT molecular complexity index is 765. The van der Waals surface area contributed by atoms with E-state index in [-0.39, 0.29) is 25.8 Å². The van der Waals surface area contributed by atoms with Crippen molar-refractivity contribution in [3.8, 4) is 0 Å². The molecule has 0 aromatic carbocycles. The van der Waals surface area contributed by atoms with Crippen molar-refractivity contribution in [2.75, 3.05) is 18.6 Å². The molecule has 1 aliphatic rings. The molecule has 1 fully saturated rings. The second-order valence-corrected chi connectivity index (χ2v) is 8.70. The van der Waals surface area contributed by atoms with Crippen molar-refractivity contribution in [3.05, 3.63) is 0 Å². The van der Waals surface area contributed by atoms with Crippen LogP contribution in [0.25, 0.3) is 0 Å². The second-order valence-electron chi connectivity index (χ2n) is 7.71. The predicted octanol–water partition coefficient (Wildman–Crippen LogP) is -2.75. The number of carbonyl (C=O) groups is 6. The molecule has 1 rings (SSSR count). The minimum absolute atomic E-state index is 0.166. The maximum atomic E-state index is 13.1. The fourth-order valence-corrected chi connectivity index (χ4v) is 3.86. The van der Waals surface area contributed by atoms with E-state index in [1.165, 1.54) is 16.7 Å². The number of thioether (sulfide) groups is 1. The van der Waals surface area contributed by atoms with Gasteiger partial charge in [-0.25, -0.2) is 4.79 Å². The molecule has 4 atom stereocenters. The van der Waals surface area contributed by atoms with Crippen molar-refractivity contribution in [2.45, 2.75) is 62.7 Å². The molecule has 1 saturated heterocycles. The third kappa shape index (κ3) is 9.26. The van der Waals surface area contributed by atoms with Crippen LogP contribution in [-0.2, 0) is 28.8 Å². The van der Waals surface area contributed by atoms with Crippen LogP contribution in [0.3, 0.4) is 0 Å². The average Bonchev–Trinajstić information content (AvgIpc) is 3.22. The van der Waals surface area contributed by atoms with Crippen LogP contribution in [0.5, 0.6) is 0 Å². The molecule has 0 aromatic heterocycles. The Morgan fingerprint density at radius 2 is 1.73 bits per heavy atom. The van der Waals surface area contributed by atoms with Crippen LogP contribution < -0.4 is 27.8 Å². The van der Waals surface area contributed by atoms with Crippen molar-refractivity contribution in [1.29, 1.82) is 0 Å². The summed E-state index contributed by atoms with van der Waals surface area (Å²) in [5.74, 6) is -4.31. The summed E-state index contributed by atoms with van der Waals surface area (Å²) in [5, 5.41) is 14.1. The third-order valence-electron chi connectivity index (χ3n) is 5.12. The molecule has 13 nitrogen and oxygen atoms in total. The largest absolute Gasteiger partial charge is 0.480 e. The molecule has 5 amide bonds. The van der Waals surface area contributed by atoms with Gasteiger partial charge in [-0.3, -0.25) is 24.0 Å². The zero-order valence-electron chi connectivity index (χ0n) is 18.5. The second kappa shape index (κ2) is 13.6. The van der Waals surface area contributed by atoms with Gasteiger partial charge in [-0.15, -0.1) is 0 Å². The topological polar surface area (TPSA) is 228 Å². The number of carboxylic acids is 1. The summed E-state index contributed by atoms with van der Waals surface area (Å²) in [6.45, 7) is 0.166. The summed E-state index contributed by atoms with van der Waals surface area (Å²) >= 11 is 1.50. The molecule has 0 saturated carbocycles. The average molecular weight is 489 g/mol. The quantitative estimate of drug-likeness (QED) is 0.149. The maximum Gasteiger partial charge on any atom is 0.326 e. The van der Waals surface area contributed by atoms with Crippen molar-refractivity contribution in [1.82, 2.24) is 15.5 Å². The van der Waals surface area contributed by atoms with Crippen LogP contribution in [0.4, 0.5) is 0 Å². The lowest BCUT2D eigenvalue weighted by Crippen LogP contribution is -2.57. The Morgan fingerprint density at radius 3 is 2.27 bits per heavy atom. The molecule has 1 heterocycles. The van der Waals surface area contributed by atoms with Gasteiger partial charge < -0.3 is 37.8 Å². The highest BCUT2D eigenvalue weighted by atomic mass is 32.2. The molecule has 4 unspecified atom stereocenters. The number of amides is 5. The number of carbonyl (C=O) groups excluding carboxylic acids is 5. The highest BCUT2D eigenvalue weighted by Crippen LogP contribution is 2.20. The number of carboxylic acid groups (broad SMARTS) is 1. The van der Waals surface area contributed by atoms with E-state index < -0.39 is 66.1 Å². The number of nitrogens with zero attached hydrogens (tertiary/aromatic N) is 1. The number of nitrogens with two attached hydrogens (primary N) is 3. The lowest BCUT2D eigenvalue weighted by atomic mass is 10.1. The first-order valence-corrected chi connectivity index (χ1v) is 11.8. The molecule has 1 aliphatic heterocycles. The Kier molecular flexibility index (Phi) is 11.6. The Hall–Kier alpha value is -2.87. The Balaban J connectivity index is 2.92. The highest BCUT2D eigenvalue weighted by molar-refractivity contribution is 7.98. The van der Waals surface area contributed by atoms with Crippen molar-refractivity contribution < 1.29 is 33.9 Å². The number of hydrogen-bond acceptors (Lipinski definition) is 8. The van der Waals surface area contributed by atoms with Gasteiger partial charge >= 0.3 is 5.97 Å². The maximum absolute atomic E-state index is 13.1. The van der Waals surface area contributed by atoms with Crippen molar-refractivity contribution >= 4 is 47.3 Å². The van der Waals surface area contributed by atoms with Crippen molar-refractivity contribution in [3.63, 3.8) is 0 Å². The van der Waals surface area contributed by atoms with E-state index in [0.717, 1.165) is 0 Å². The zero-order chi connectivity index (χ0) is 25.1. The number of hydrogen-bond donors (Lipinski definition) is 6. The predicted molar refractivity (Wildman–Crippen MR) is 119 cm³/mol. The number of primary amides is 2. The normalized spacial score (nSPS) is 18.1. The molecule has 14 heteroatoms. The van der Waals surface area contributed by atoms with Gasteiger partial charge in [-0.2, -0.15) is 11.8 Å². The molecule has 33 heavy (non-hydrogen) atoms. The third-order valence-corrected chi connectivity index (χ3v) is 5.77. The SMILES string of the molecule is CSCCC(N)C(=O)NC(CC(N)=O)C(=O)N1CCCC1C(=O)NC(CCC(N)=O)C(=O)O. The molecule has 186 valence electrons. The van der Waals surface area contributed by atoms with Crippen LogP contribution in [0.1, 0.15) is 38.5 Å². The molecule has 0 radical (unpaired) electrons. The lowest BCUT2D eigenvalue weighted by molar-refractivity contribution is -0.145. The standard InChI is InChI=1S/C19H32N6O7S/c1-33-8-6-10(20)16(28)24-12(9-15(22)27)18(30)25-7-2-3-13(25)17(29)23-11(19(31)32)4-5-14(21)26/h10-13H,2-9,20H2,1H3,(H2,21,26)(H2,22,27)(H,23,29)(H,24,28)(H,31,32). The van der Waals surface area contributed by atoms with E-state index in [1.54, 1.807) is 0 Å². The summed E-state index contributed by atoms with van der Waals surface area (Å²) in [7, 11) is 0. The molecular formula is C19H32N6O7S. The first-order chi connectivity index (χ1) is 15.5. The van der Waals surface area contributed by atoms with Crippen LogP contribution in [0, 0.1) is 0 Å². The van der Waals surface area contributed by atoms with Gasteiger partial charge in [0.05, 0.1) is 12.5 Å². The van der Waals surface area contributed by atoms with Gasteiger partial charge in [0, 0.05) is 13.0 Å². The van der Waals surface area contributed by atoms with Crippen LogP contribution in [0.2, 0.25) is 0 Å². The number of aliphatic carboxylic acids is 1. The van der Waals surface area contributed by atoms with Gasteiger partial charge in [-0.05, 0) is 37.7 Å². The Morgan fingerprint density at radius 1 is 1.06 bits per heavy atom. The van der Waals surface area contributed by atoms with Gasteiger partial charge in [0.2, 0.25) is 29.5 Å². The summed E-state index contributed by atoms with van der Waals surface area (Å²) in [6.07, 6.45) is 1.99. The lowest BCUT2D eigenvalue weighted by Gasteiger charge is -2.29. The monoisotopic (exact) mass is 488 g/mol. The summed E-state index contributed by atoms with van der Waals surface area (Å²) in [4.78, 5) is 73.2. The summed E-state index contributed by atoms with van der Waals surface area (Å²) in [5.41, 5.74) is 16.1. The van der Waals surface area contributed by atoms with E-state index in [4.69, 9.17) is 17.2 Å². The highest BCUT2D eigenvalue weighted by Gasteiger charge is 2.39. The van der Waals surface area contributed by atoms with Gasteiger partial charge in [0.15, 0.2) is 0 Å². The number of rotatable bonds is 14. The molecule has 9 N–H and O–H groups in total. The molecule has 0 aliphatic carbocycles. The molecule has 0 spiro atoms. The van der Waals surface area contributed by atoms with E-state index >= 15 is 0 Å². The van der Waals surface area contributed by atoms with Crippen LogP contribution in [-0.4, -0.2) is 88.2 Å². The first-order valence-electron chi connectivity index (χ1n) is 10.4. The van der Waals surface area contributed by atoms with E-state index in [2.05, 4.69) is 10.6 Å². The van der Waals surface area contributed by atoms with E-state index in [9.17, 15) is 33.9 Å². The molecule has 0 bridgehead atoms. The fourth-order valence-electron chi connectivity index (χ4n) is 3.37. The fraction of sp³-hybridized carbons (Fsp3) is 0.684. The zero-order valence-corrected chi connectivity index (χ0v) is 19.3. The number of nitrogens with one attached hydrogen (secondary N) is 2. The molecule has 0 aromatic rings. The first kappa shape index (κ1) is 28.2. The van der Waals surface area contributed by atoms with Gasteiger partial charge in [0.25, 0.3) is 0 Å². The van der Waals surface area contributed by atoms with Crippen LogP contribution >= 0.6 is 11.8 Å². The summed E-state index contributed by atoms with van der Waals surface area (Å²) in [6, 6.07) is -4.57. The minimum Gasteiger partial charge on any atom is -0.480 e. The minimum atomic E-state index is -1.36. The Labute approximate surface area is 195 Å².